The van der Waals surface area contributed by atoms with Crippen molar-refractivity contribution in [1.82, 2.24) is 9.88 Å². The molecule has 1 aliphatic heterocycles. The van der Waals surface area contributed by atoms with Crippen molar-refractivity contribution in [2.24, 2.45) is 17.8 Å². The normalized spacial score (nSPS) is 27.3. The van der Waals surface area contributed by atoms with Crippen LogP contribution in [0.1, 0.15) is 62.5 Å². The van der Waals surface area contributed by atoms with E-state index in [1.54, 1.807) is 17.3 Å². The number of aromatic nitrogens is 1. The van der Waals surface area contributed by atoms with Crippen LogP contribution >= 0.6 is 0 Å². The van der Waals surface area contributed by atoms with Crippen LogP contribution in [0, 0.1) is 17.8 Å². The average molecular weight is 446 g/mol. The first-order valence-corrected chi connectivity index (χ1v) is 12.3. The zero-order chi connectivity index (χ0) is 22.8. The maximum Gasteiger partial charge on any atom is 0.233 e. The molecule has 3 amide bonds. The minimum atomic E-state index is -0.0891. The molecule has 1 N–H and O–H groups in total. The Morgan fingerprint density at radius 2 is 1.39 bits per heavy atom. The number of carbonyl (C=O) groups excluding carboxylic acids is 3. The molecule has 2 aliphatic carbocycles. The van der Waals surface area contributed by atoms with Crippen molar-refractivity contribution in [3.8, 4) is 0 Å². The minimum Gasteiger partial charge on any atom is -0.326 e. The fourth-order valence-electron chi connectivity index (χ4n) is 5.83. The first-order chi connectivity index (χ1) is 16.1. The van der Waals surface area contributed by atoms with Gasteiger partial charge < -0.3 is 5.32 Å². The minimum absolute atomic E-state index is 0.0306. The monoisotopic (exact) mass is 445 g/mol. The summed E-state index contributed by atoms with van der Waals surface area (Å²) in [6.07, 6.45) is 11.1. The number of nitrogens with zero attached hydrogens (tertiary/aromatic N) is 2. The topological polar surface area (TPSA) is 79.4 Å². The van der Waals surface area contributed by atoms with E-state index >= 15 is 0 Å². The van der Waals surface area contributed by atoms with Gasteiger partial charge in [0, 0.05) is 30.0 Å². The summed E-state index contributed by atoms with van der Waals surface area (Å²) in [6.45, 7) is 0. The Hall–Kier alpha value is -3.02. The maximum atomic E-state index is 12.9. The zero-order valence-corrected chi connectivity index (χ0v) is 18.9. The average Bonchev–Trinajstić information content (AvgIpc) is 3.11. The summed E-state index contributed by atoms with van der Waals surface area (Å²) in [5.74, 6) is -0.132. The Balaban J connectivity index is 1.13. The summed E-state index contributed by atoms with van der Waals surface area (Å²) >= 11 is 0. The van der Waals surface area contributed by atoms with Crippen LogP contribution in [0.5, 0.6) is 0 Å². The number of likely N-dealkylation sites (tertiary alicyclic amines) is 1. The number of hydrogen-bond donors (Lipinski definition) is 1. The number of imide groups is 1. The third-order valence-electron chi connectivity index (χ3n) is 7.69. The first-order valence-electron chi connectivity index (χ1n) is 12.3. The molecule has 1 aromatic carbocycles. The van der Waals surface area contributed by atoms with Gasteiger partial charge in [-0.3, -0.25) is 24.3 Å². The molecule has 2 heterocycles. The summed E-state index contributed by atoms with van der Waals surface area (Å²) in [6, 6.07) is 11.9. The van der Waals surface area contributed by atoms with E-state index in [9.17, 15) is 14.4 Å². The molecule has 172 valence electrons. The lowest BCUT2D eigenvalue weighted by molar-refractivity contribution is -0.143. The molecule has 1 saturated heterocycles. The summed E-state index contributed by atoms with van der Waals surface area (Å²) < 4.78 is 0. The molecule has 0 radical (unpaired) electrons. The number of nitrogens with one attached hydrogen (secondary N) is 1. The molecule has 3 fully saturated rings. The van der Waals surface area contributed by atoms with Crippen LogP contribution in [0.25, 0.3) is 0 Å². The summed E-state index contributed by atoms with van der Waals surface area (Å²) in [4.78, 5) is 44.2. The highest BCUT2D eigenvalue weighted by molar-refractivity contribution is 6.05. The highest BCUT2D eigenvalue weighted by Crippen LogP contribution is 2.41. The second kappa shape index (κ2) is 9.46. The zero-order valence-electron chi connectivity index (χ0n) is 18.9. The number of amides is 3. The molecular formula is C27H31N3O3. The van der Waals surface area contributed by atoms with E-state index in [-0.39, 0.29) is 41.5 Å². The molecule has 1 aromatic heterocycles. The lowest BCUT2D eigenvalue weighted by Crippen LogP contribution is -2.43. The van der Waals surface area contributed by atoms with Gasteiger partial charge in [-0.25, -0.2) is 0 Å². The highest BCUT2D eigenvalue weighted by atomic mass is 16.2. The standard InChI is InChI=1S/C27H31N3O3/c31-25(29-21-9-5-18(6-10-21)17-19-13-15-28-16-14-19)20-7-11-22(12-8-20)30-26(32)23-3-1-2-4-24(23)27(30)33/h5-6,9-10,13-16,20,22-24H,1-4,7-8,11-12,17H2,(H,29,31)/t20?,22?,23-,24-/m0/s1. The molecule has 0 unspecified atom stereocenters. The third-order valence-corrected chi connectivity index (χ3v) is 7.69. The quantitative estimate of drug-likeness (QED) is 0.694. The van der Waals surface area contributed by atoms with Crippen molar-refractivity contribution in [1.29, 1.82) is 0 Å². The van der Waals surface area contributed by atoms with Gasteiger partial charge in [-0.15, -0.1) is 0 Å². The van der Waals surface area contributed by atoms with Crippen LogP contribution in [-0.4, -0.2) is 33.6 Å². The lowest BCUT2D eigenvalue weighted by atomic mass is 9.81. The van der Waals surface area contributed by atoms with Crippen LogP contribution in [0.2, 0.25) is 0 Å². The molecule has 0 bridgehead atoms. The van der Waals surface area contributed by atoms with E-state index in [2.05, 4.69) is 10.3 Å². The molecule has 33 heavy (non-hydrogen) atoms. The second-order valence-electron chi connectivity index (χ2n) is 9.77. The van der Waals surface area contributed by atoms with Gasteiger partial charge in [0.15, 0.2) is 0 Å². The van der Waals surface area contributed by atoms with E-state index in [0.717, 1.165) is 50.6 Å². The van der Waals surface area contributed by atoms with Crippen LogP contribution in [0.15, 0.2) is 48.8 Å². The maximum absolute atomic E-state index is 12.9. The Kier molecular flexibility index (Phi) is 6.25. The molecule has 3 aliphatic rings. The summed E-state index contributed by atoms with van der Waals surface area (Å²) in [5, 5.41) is 3.05. The van der Waals surface area contributed by atoms with Crippen LogP contribution in [0.4, 0.5) is 5.69 Å². The second-order valence-corrected chi connectivity index (χ2v) is 9.77. The van der Waals surface area contributed by atoms with Crippen LogP contribution in [-0.2, 0) is 20.8 Å². The molecular weight excluding hydrogens is 414 g/mol. The van der Waals surface area contributed by atoms with Gasteiger partial charge in [-0.05, 0) is 80.3 Å². The number of anilines is 1. The number of benzene rings is 1. The first kappa shape index (κ1) is 21.8. The van der Waals surface area contributed by atoms with Gasteiger partial charge in [0.05, 0.1) is 11.8 Å². The van der Waals surface area contributed by atoms with Gasteiger partial charge in [0.25, 0.3) is 0 Å². The van der Waals surface area contributed by atoms with Crippen LogP contribution in [0.3, 0.4) is 0 Å². The van der Waals surface area contributed by atoms with Crippen molar-refractivity contribution >= 4 is 23.4 Å². The molecule has 2 aromatic rings. The fourth-order valence-corrected chi connectivity index (χ4v) is 5.83. The number of fused-ring (bicyclic) bond motifs is 1. The van der Waals surface area contributed by atoms with Gasteiger partial charge in [0.1, 0.15) is 0 Å². The SMILES string of the molecule is O=C(Nc1ccc(Cc2ccncc2)cc1)C1CCC(N2C(=O)[C@H]3CCCC[C@@H]3C2=O)CC1. The van der Waals surface area contributed by atoms with E-state index < -0.39 is 0 Å². The number of pyridine rings is 1. The molecule has 2 atom stereocenters. The molecule has 2 saturated carbocycles. The van der Waals surface area contributed by atoms with Gasteiger partial charge in [0.2, 0.25) is 17.7 Å². The van der Waals surface area contributed by atoms with E-state index in [1.165, 1.54) is 11.1 Å². The van der Waals surface area contributed by atoms with Crippen molar-refractivity contribution in [3.63, 3.8) is 0 Å². The number of hydrogen-bond acceptors (Lipinski definition) is 4. The Bertz CT molecular complexity index is 989. The van der Waals surface area contributed by atoms with Crippen LogP contribution < -0.4 is 5.32 Å². The summed E-state index contributed by atoms with van der Waals surface area (Å²) in [7, 11) is 0. The fraction of sp³-hybridized carbons (Fsp3) is 0.481. The van der Waals surface area contributed by atoms with E-state index in [1.807, 2.05) is 36.4 Å². The lowest BCUT2D eigenvalue weighted by Gasteiger charge is -2.33. The highest BCUT2D eigenvalue weighted by Gasteiger charge is 2.50. The van der Waals surface area contributed by atoms with Gasteiger partial charge >= 0.3 is 0 Å². The van der Waals surface area contributed by atoms with Crippen molar-refractivity contribution in [3.05, 3.63) is 59.9 Å². The van der Waals surface area contributed by atoms with E-state index in [0.29, 0.717) is 12.8 Å². The van der Waals surface area contributed by atoms with Crippen molar-refractivity contribution < 1.29 is 14.4 Å². The summed E-state index contributed by atoms with van der Waals surface area (Å²) in [5.41, 5.74) is 3.18. The van der Waals surface area contributed by atoms with Crippen molar-refractivity contribution in [2.45, 2.75) is 63.8 Å². The molecule has 0 spiro atoms. The Labute approximate surface area is 194 Å². The third kappa shape index (κ3) is 4.56. The van der Waals surface area contributed by atoms with Gasteiger partial charge in [-0.2, -0.15) is 0 Å². The number of rotatable bonds is 5. The van der Waals surface area contributed by atoms with Crippen molar-refractivity contribution in [2.75, 3.05) is 5.32 Å². The molecule has 5 rings (SSSR count). The Morgan fingerprint density at radius 1 is 0.818 bits per heavy atom. The molecule has 6 nitrogen and oxygen atoms in total. The predicted molar refractivity (Wildman–Crippen MR) is 125 cm³/mol. The number of carbonyl (C=O) groups is 3. The molecule has 6 heteroatoms. The largest absolute Gasteiger partial charge is 0.326 e. The van der Waals surface area contributed by atoms with Gasteiger partial charge in [-0.1, -0.05) is 25.0 Å². The van der Waals surface area contributed by atoms with E-state index in [4.69, 9.17) is 0 Å². The Morgan fingerprint density at radius 3 is 2.00 bits per heavy atom. The smallest absolute Gasteiger partial charge is 0.233 e. The predicted octanol–water partition coefficient (Wildman–Crippen LogP) is 4.34.